The van der Waals surface area contributed by atoms with Gasteiger partial charge in [-0.25, -0.2) is 9.97 Å². The van der Waals surface area contributed by atoms with Crippen molar-refractivity contribution >= 4 is 0 Å². The zero-order valence-corrected chi connectivity index (χ0v) is 15.9. The van der Waals surface area contributed by atoms with Gasteiger partial charge in [-0.3, -0.25) is 0 Å². The van der Waals surface area contributed by atoms with Crippen molar-refractivity contribution in [2.75, 3.05) is 26.9 Å². The van der Waals surface area contributed by atoms with Gasteiger partial charge in [-0.1, -0.05) is 20.8 Å². The number of aromatic nitrogens is 2. The Balaban J connectivity index is 2.09. The molecule has 0 aliphatic heterocycles. The average molecular weight is 351 g/mol. The van der Waals surface area contributed by atoms with E-state index in [-0.39, 0.29) is 29.9 Å². The molecule has 3 N–H and O–H groups in total. The summed E-state index contributed by atoms with van der Waals surface area (Å²) >= 11 is 0. The predicted octanol–water partition coefficient (Wildman–Crippen LogP) is 1.20. The highest BCUT2D eigenvalue weighted by atomic mass is 16.5. The van der Waals surface area contributed by atoms with Crippen LogP contribution < -0.4 is 5.32 Å². The van der Waals surface area contributed by atoms with Gasteiger partial charge in [-0.05, 0) is 30.2 Å². The third kappa shape index (κ3) is 5.99. The maximum Gasteiger partial charge on any atom is 0.130 e. The largest absolute Gasteiger partial charge is 0.396 e. The molecule has 1 aromatic heterocycles. The minimum absolute atomic E-state index is 0.00114. The van der Waals surface area contributed by atoms with Crippen molar-refractivity contribution in [3.05, 3.63) is 23.8 Å². The lowest BCUT2D eigenvalue weighted by Gasteiger charge is -2.28. The second-order valence-corrected chi connectivity index (χ2v) is 8.27. The van der Waals surface area contributed by atoms with Crippen LogP contribution in [0.1, 0.15) is 38.7 Å². The number of ether oxygens (including phenoxy) is 1. The van der Waals surface area contributed by atoms with Gasteiger partial charge in [0.1, 0.15) is 5.82 Å². The number of aliphatic hydroxyl groups is 2. The number of rotatable bonds is 8. The fourth-order valence-electron chi connectivity index (χ4n) is 3.53. The molecule has 0 unspecified atom stereocenters. The fourth-order valence-corrected chi connectivity index (χ4v) is 3.53. The summed E-state index contributed by atoms with van der Waals surface area (Å²) in [4.78, 5) is 8.92. The molecule has 0 radical (unpaired) electrons. The van der Waals surface area contributed by atoms with E-state index in [0.717, 1.165) is 24.5 Å². The van der Waals surface area contributed by atoms with E-state index < -0.39 is 6.10 Å². The molecule has 25 heavy (non-hydrogen) atoms. The summed E-state index contributed by atoms with van der Waals surface area (Å²) in [6, 6.07) is 2.11. The summed E-state index contributed by atoms with van der Waals surface area (Å²) in [5.74, 6) is 0.819. The molecule has 0 aromatic carbocycles. The molecule has 0 bridgehead atoms. The first-order valence-electron chi connectivity index (χ1n) is 9.16. The third-order valence-corrected chi connectivity index (χ3v) is 4.90. The van der Waals surface area contributed by atoms with Crippen LogP contribution in [0.4, 0.5) is 0 Å². The Morgan fingerprint density at radius 3 is 2.72 bits per heavy atom. The molecule has 1 fully saturated rings. The molecule has 1 aliphatic carbocycles. The number of hydrogen-bond donors (Lipinski definition) is 3. The normalized spacial score (nSPS) is 27.0. The van der Waals surface area contributed by atoms with E-state index in [0.29, 0.717) is 19.4 Å². The lowest BCUT2D eigenvalue weighted by Crippen LogP contribution is -2.40. The molecule has 6 nitrogen and oxygen atoms in total. The smallest absolute Gasteiger partial charge is 0.130 e. The van der Waals surface area contributed by atoms with Crippen LogP contribution in [-0.4, -0.2) is 59.2 Å². The first kappa shape index (κ1) is 20.2. The van der Waals surface area contributed by atoms with Crippen LogP contribution >= 0.6 is 0 Å². The van der Waals surface area contributed by atoms with Crippen molar-refractivity contribution in [2.24, 2.45) is 17.3 Å². The van der Waals surface area contributed by atoms with Gasteiger partial charge in [-0.15, -0.1) is 0 Å². The standard InChI is InChI=1S/C19H33N3O3/c1-19(2,3)12-21-16-10-17(24)15(11-23)14(16)9-13-5-7-20-18(22-13)6-8-25-4/h5,7,14-17,21,23-24H,6,8-12H2,1-4H3/t14-,15-,16-,17-/m1/s1. The van der Waals surface area contributed by atoms with Crippen molar-refractivity contribution in [3.63, 3.8) is 0 Å². The molecule has 6 heteroatoms. The van der Waals surface area contributed by atoms with Crippen LogP contribution in [0.15, 0.2) is 12.3 Å². The molecule has 4 atom stereocenters. The molecule has 1 heterocycles. The minimum Gasteiger partial charge on any atom is -0.396 e. The summed E-state index contributed by atoms with van der Waals surface area (Å²) in [7, 11) is 1.67. The molecular weight excluding hydrogens is 318 g/mol. The summed E-state index contributed by atoms with van der Waals surface area (Å²) in [6.07, 6.45) is 3.40. The van der Waals surface area contributed by atoms with E-state index in [9.17, 15) is 10.2 Å². The van der Waals surface area contributed by atoms with Crippen LogP contribution in [0, 0.1) is 17.3 Å². The van der Waals surface area contributed by atoms with Crippen LogP contribution in [0.25, 0.3) is 0 Å². The third-order valence-electron chi connectivity index (χ3n) is 4.90. The molecule has 1 saturated carbocycles. The topological polar surface area (TPSA) is 87.5 Å². The first-order chi connectivity index (χ1) is 11.8. The van der Waals surface area contributed by atoms with Gasteiger partial charge in [0.05, 0.1) is 12.7 Å². The molecule has 142 valence electrons. The second kappa shape index (κ2) is 9.03. The fraction of sp³-hybridized carbons (Fsp3) is 0.789. The number of nitrogens with zero attached hydrogens (tertiary/aromatic N) is 2. The lowest BCUT2D eigenvalue weighted by molar-refractivity contribution is 0.0715. The van der Waals surface area contributed by atoms with Gasteiger partial charge in [0, 0.05) is 50.5 Å². The van der Waals surface area contributed by atoms with E-state index in [2.05, 4.69) is 36.1 Å². The van der Waals surface area contributed by atoms with Gasteiger partial charge in [0.15, 0.2) is 0 Å². The average Bonchev–Trinajstić information content (AvgIpc) is 2.85. The van der Waals surface area contributed by atoms with E-state index >= 15 is 0 Å². The Morgan fingerprint density at radius 2 is 2.08 bits per heavy atom. The molecule has 1 aromatic rings. The number of nitrogens with one attached hydrogen (secondary N) is 1. The van der Waals surface area contributed by atoms with Crippen LogP contribution in [0.5, 0.6) is 0 Å². The monoisotopic (exact) mass is 351 g/mol. The van der Waals surface area contributed by atoms with Crippen molar-refractivity contribution in [1.29, 1.82) is 0 Å². The van der Waals surface area contributed by atoms with Crippen molar-refractivity contribution in [2.45, 2.75) is 52.2 Å². The first-order valence-corrected chi connectivity index (χ1v) is 9.16. The molecule has 0 amide bonds. The van der Waals surface area contributed by atoms with Gasteiger partial charge in [0.25, 0.3) is 0 Å². The Labute approximate surface area is 151 Å². The molecule has 0 saturated heterocycles. The Morgan fingerprint density at radius 1 is 1.32 bits per heavy atom. The molecule has 2 rings (SSSR count). The quantitative estimate of drug-likeness (QED) is 0.652. The predicted molar refractivity (Wildman–Crippen MR) is 97.3 cm³/mol. The number of hydrogen-bond acceptors (Lipinski definition) is 6. The van der Waals surface area contributed by atoms with Gasteiger partial charge in [-0.2, -0.15) is 0 Å². The Bertz CT molecular complexity index is 533. The van der Waals surface area contributed by atoms with E-state index in [1.165, 1.54) is 0 Å². The Kier molecular flexibility index (Phi) is 7.31. The molecule has 1 aliphatic rings. The van der Waals surface area contributed by atoms with Crippen LogP contribution in [0.2, 0.25) is 0 Å². The Hall–Kier alpha value is -1.08. The molecule has 0 spiro atoms. The van der Waals surface area contributed by atoms with Crippen LogP contribution in [-0.2, 0) is 17.6 Å². The number of aliphatic hydroxyl groups excluding tert-OH is 2. The van der Waals surface area contributed by atoms with Gasteiger partial charge < -0.3 is 20.3 Å². The highest BCUT2D eigenvalue weighted by Crippen LogP contribution is 2.35. The second-order valence-electron chi connectivity index (χ2n) is 8.27. The summed E-state index contributed by atoms with van der Waals surface area (Å²) < 4.78 is 5.09. The summed E-state index contributed by atoms with van der Waals surface area (Å²) in [6.45, 7) is 8.05. The maximum atomic E-state index is 10.4. The lowest BCUT2D eigenvalue weighted by atomic mass is 9.88. The van der Waals surface area contributed by atoms with Crippen molar-refractivity contribution < 1.29 is 14.9 Å². The zero-order chi connectivity index (χ0) is 18.4. The SMILES string of the molecule is COCCc1nccc(C[C@@H]2[C@@H](CO)[C@H](O)C[C@H]2NCC(C)(C)C)n1. The number of methoxy groups -OCH3 is 1. The highest BCUT2D eigenvalue weighted by Gasteiger charge is 2.42. The maximum absolute atomic E-state index is 10.4. The van der Waals surface area contributed by atoms with Crippen molar-refractivity contribution in [1.82, 2.24) is 15.3 Å². The van der Waals surface area contributed by atoms with Gasteiger partial charge in [0.2, 0.25) is 0 Å². The van der Waals surface area contributed by atoms with E-state index in [4.69, 9.17) is 4.74 Å². The van der Waals surface area contributed by atoms with E-state index in [1.807, 2.05) is 6.07 Å². The van der Waals surface area contributed by atoms with Crippen molar-refractivity contribution in [3.8, 4) is 0 Å². The minimum atomic E-state index is -0.470. The van der Waals surface area contributed by atoms with Gasteiger partial charge >= 0.3 is 0 Å². The molecular formula is C19H33N3O3. The zero-order valence-electron chi connectivity index (χ0n) is 15.9. The van der Waals surface area contributed by atoms with Crippen LogP contribution in [0.3, 0.4) is 0 Å². The summed E-state index contributed by atoms with van der Waals surface area (Å²) in [5, 5.41) is 23.7. The highest BCUT2D eigenvalue weighted by molar-refractivity contribution is 5.08. The van der Waals surface area contributed by atoms with E-state index in [1.54, 1.807) is 13.3 Å². The summed E-state index contributed by atoms with van der Waals surface area (Å²) in [5.41, 5.74) is 1.14.